The van der Waals surface area contributed by atoms with Crippen LogP contribution in [0.5, 0.6) is 0 Å². The van der Waals surface area contributed by atoms with Gasteiger partial charge in [-0.1, -0.05) is 30.3 Å². The van der Waals surface area contributed by atoms with E-state index in [4.69, 9.17) is 0 Å². The molecule has 0 radical (unpaired) electrons. The molecule has 0 bridgehead atoms. The van der Waals surface area contributed by atoms with Gasteiger partial charge in [-0.25, -0.2) is 13.1 Å². The molecule has 5 nitrogen and oxygen atoms in total. The highest BCUT2D eigenvalue weighted by molar-refractivity contribution is 7.89. The average Bonchev–Trinajstić information content (AvgIpc) is 2.54. The third kappa shape index (κ3) is 3.72. The second kappa shape index (κ2) is 6.72. The van der Waals surface area contributed by atoms with Crippen molar-refractivity contribution in [3.05, 3.63) is 65.7 Å². The van der Waals surface area contributed by atoms with Gasteiger partial charge >= 0.3 is 0 Å². The van der Waals surface area contributed by atoms with Crippen LogP contribution in [0.4, 0.5) is 0 Å². The lowest BCUT2D eigenvalue weighted by Gasteiger charge is -2.14. The predicted octanol–water partition coefficient (Wildman–Crippen LogP) is 2.09. The lowest BCUT2D eigenvalue weighted by molar-refractivity contribution is 0.0963. The van der Waals surface area contributed by atoms with Crippen molar-refractivity contribution in [1.82, 2.24) is 10.0 Å². The molecule has 2 aromatic carbocycles. The van der Waals surface area contributed by atoms with E-state index in [1.54, 1.807) is 6.92 Å². The van der Waals surface area contributed by atoms with Crippen LogP contribution in [0.2, 0.25) is 0 Å². The molecule has 2 rings (SSSR count). The lowest BCUT2D eigenvalue weighted by Crippen LogP contribution is -2.27. The Labute approximate surface area is 130 Å². The third-order valence-corrected chi connectivity index (χ3v) is 4.84. The first-order chi connectivity index (χ1) is 10.4. The quantitative estimate of drug-likeness (QED) is 0.886. The van der Waals surface area contributed by atoms with Crippen LogP contribution in [0, 0.1) is 0 Å². The summed E-state index contributed by atoms with van der Waals surface area (Å²) in [6.45, 7) is 1.78. The zero-order valence-electron chi connectivity index (χ0n) is 12.4. The maximum atomic E-state index is 12.4. The number of hydrogen-bond donors (Lipinski definition) is 2. The number of carbonyl (C=O) groups excluding carboxylic acids is 1. The molecule has 2 N–H and O–H groups in total. The molecule has 1 amide bonds. The maximum absolute atomic E-state index is 12.4. The molecule has 0 fully saturated rings. The van der Waals surface area contributed by atoms with Crippen molar-refractivity contribution in [2.45, 2.75) is 17.9 Å². The van der Waals surface area contributed by atoms with Gasteiger partial charge < -0.3 is 5.32 Å². The van der Waals surface area contributed by atoms with E-state index in [2.05, 4.69) is 10.0 Å². The molecule has 0 aliphatic heterocycles. The van der Waals surface area contributed by atoms with Gasteiger partial charge in [-0.2, -0.15) is 0 Å². The fourth-order valence-electron chi connectivity index (χ4n) is 2.04. The molecular weight excluding hydrogens is 300 g/mol. The highest BCUT2D eigenvalue weighted by Crippen LogP contribution is 2.17. The molecule has 0 unspecified atom stereocenters. The van der Waals surface area contributed by atoms with Gasteiger partial charge in [0.25, 0.3) is 5.91 Å². The summed E-state index contributed by atoms with van der Waals surface area (Å²) < 4.78 is 27.3. The number of carbonyl (C=O) groups is 1. The van der Waals surface area contributed by atoms with E-state index in [0.29, 0.717) is 5.56 Å². The minimum absolute atomic E-state index is 0.128. The first kappa shape index (κ1) is 16.2. The fraction of sp³-hybridized carbons (Fsp3) is 0.188. The van der Waals surface area contributed by atoms with Gasteiger partial charge in [-0.3, -0.25) is 4.79 Å². The van der Waals surface area contributed by atoms with Crippen LogP contribution >= 0.6 is 0 Å². The summed E-state index contributed by atoms with van der Waals surface area (Å²) in [4.78, 5) is 11.6. The SMILES string of the molecule is CNC(=O)c1ccc(S(=O)(=O)N[C@H](C)c2ccccc2)cc1. The van der Waals surface area contributed by atoms with E-state index < -0.39 is 10.0 Å². The topological polar surface area (TPSA) is 75.3 Å². The van der Waals surface area contributed by atoms with Gasteiger partial charge in [-0.15, -0.1) is 0 Å². The summed E-state index contributed by atoms with van der Waals surface area (Å²) in [5, 5.41) is 2.49. The van der Waals surface area contributed by atoms with Gasteiger partial charge in [-0.05, 0) is 36.8 Å². The van der Waals surface area contributed by atoms with Crippen molar-refractivity contribution in [3.63, 3.8) is 0 Å². The first-order valence-electron chi connectivity index (χ1n) is 6.83. The van der Waals surface area contributed by atoms with Gasteiger partial charge in [0.1, 0.15) is 0 Å². The standard InChI is InChI=1S/C16H18N2O3S/c1-12(13-6-4-3-5-7-13)18-22(20,21)15-10-8-14(9-11-15)16(19)17-2/h3-12,18H,1-2H3,(H,17,19)/t12-/m1/s1. The van der Waals surface area contributed by atoms with E-state index in [0.717, 1.165) is 5.56 Å². The smallest absolute Gasteiger partial charge is 0.251 e. The summed E-state index contributed by atoms with van der Waals surface area (Å²) in [7, 11) is -2.11. The largest absolute Gasteiger partial charge is 0.355 e. The molecular formula is C16H18N2O3S. The summed E-state index contributed by atoms with van der Waals surface area (Å²) in [5.74, 6) is -0.255. The Morgan fingerprint density at radius 3 is 2.14 bits per heavy atom. The zero-order valence-corrected chi connectivity index (χ0v) is 13.2. The van der Waals surface area contributed by atoms with Crippen molar-refractivity contribution in [3.8, 4) is 0 Å². The minimum atomic E-state index is -3.64. The Balaban J connectivity index is 2.18. The Morgan fingerprint density at radius 2 is 1.59 bits per heavy atom. The summed E-state index contributed by atoms with van der Waals surface area (Å²) in [5.41, 5.74) is 1.30. The van der Waals surface area contributed by atoms with Crippen molar-refractivity contribution >= 4 is 15.9 Å². The van der Waals surface area contributed by atoms with E-state index >= 15 is 0 Å². The normalized spacial score (nSPS) is 12.6. The minimum Gasteiger partial charge on any atom is -0.355 e. The highest BCUT2D eigenvalue weighted by Gasteiger charge is 2.18. The molecule has 0 heterocycles. The van der Waals surface area contributed by atoms with Gasteiger partial charge in [0.05, 0.1) is 4.90 Å². The molecule has 0 spiro atoms. The molecule has 0 aliphatic rings. The van der Waals surface area contributed by atoms with Crippen molar-refractivity contribution in [1.29, 1.82) is 0 Å². The van der Waals surface area contributed by atoms with Gasteiger partial charge in [0.15, 0.2) is 0 Å². The van der Waals surface area contributed by atoms with Crippen LogP contribution in [-0.2, 0) is 10.0 Å². The van der Waals surface area contributed by atoms with E-state index in [1.807, 2.05) is 30.3 Å². The maximum Gasteiger partial charge on any atom is 0.251 e. The third-order valence-electron chi connectivity index (χ3n) is 3.29. The second-order valence-corrected chi connectivity index (χ2v) is 6.57. The van der Waals surface area contributed by atoms with Gasteiger partial charge in [0, 0.05) is 18.7 Å². The molecule has 0 aromatic heterocycles. The molecule has 0 saturated heterocycles. The van der Waals surface area contributed by atoms with Crippen LogP contribution < -0.4 is 10.0 Å². The summed E-state index contributed by atoms with van der Waals surface area (Å²) in [6.07, 6.45) is 0. The number of sulfonamides is 1. The Hall–Kier alpha value is -2.18. The summed E-state index contributed by atoms with van der Waals surface area (Å²) >= 11 is 0. The second-order valence-electron chi connectivity index (χ2n) is 4.86. The fourth-order valence-corrected chi connectivity index (χ4v) is 3.27. The number of nitrogens with one attached hydrogen (secondary N) is 2. The molecule has 0 aliphatic carbocycles. The van der Waals surface area contributed by atoms with Crippen molar-refractivity contribution < 1.29 is 13.2 Å². The zero-order chi connectivity index (χ0) is 16.2. The van der Waals surface area contributed by atoms with Gasteiger partial charge in [0.2, 0.25) is 10.0 Å². The number of amides is 1. The number of hydrogen-bond acceptors (Lipinski definition) is 3. The van der Waals surface area contributed by atoms with E-state index in [9.17, 15) is 13.2 Å². The Bertz CT molecular complexity index is 741. The van der Waals surface area contributed by atoms with Crippen molar-refractivity contribution in [2.24, 2.45) is 0 Å². The lowest BCUT2D eigenvalue weighted by atomic mass is 10.1. The first-order valence-corrected chi connectivity index (χ1v) is 8.32. The predicted molar refractivity (Wildman–Crippen MR) is 85.0 cm³/mol. The number of benzene rings is 2. The molecule has 116 valence electrons. The molecule has 2 aromatic rings. The Kier molecular flexibility index (Phi) is 4.95. The van der Waals surface area contributed by atoms with E-state index in [1.165, 1.54) is 31.3 Å². The van der Waals surface area contributed by atoms with Crippen LogP contribution in [-0.4, -0.2) is 21.4 Å². The molecule has 0 saturated carbocycles. The van der Waals surface area contributed by atoms with Crippen LogP contribution in [0.3, 0.4) is 0 Å². The van der Waals surface area contributed by atoms with Crippen LogP contribution in [0.15, 0.2) is 59.5 Å². The molecule has 6 heteroatoms. The van der Waals surface area contributed by atoms with Crippen molar-refractivity contribution in [2.75, 3.05) is 7.05 Å². The number of rotatable bonds is 5. The monoisotopic (exact) mass is 318 g/mol. The van der Waals surface area contributed by atoms with E-state index in [-0.39, 0.29) is 16.8 Å². The Morgan fingerprint density at radius 1 is 1.00 bits per heavy atom. The van der Waals surface area contributed by atoms with Crippen LogP contribution in [0.1, 0.15) is 28.9 Å². The van der Waals surface area contributed by atoms with Crippen LogP contribution in [0.25, 0.3) is 0 Å². The highest BCUT2D eigenvalue weighted by atomic mass is 32.2. The average molecular weight is 318 g/mol. The summed E-state index contributed by atoms with van der Waals surface area (Å²) in [6, 6.07) is 14.8. The molecule has 22 heavy (non-hydrogen) atoms. The molecule has 1 atom stereocenters.